The van der Waals surface area contributed by atoms with Gasteiger partial charge in [0.15, 0.2) is 6.29 Å². The lowest BCUT2D eigenvalue weighted by molar-refractivity contribution is -0.248. The Bertz CT molecular complexity index is 477. The van der Waals surface area contributed by atoms with Crippen LogP contribution in [-0.2, 0) is 4.74 Å². The Labute approximate surface area is 122 Å². The van der Waals surface area contributed by atoms with Gasteiger partial charge in [-0.2, -0.15) is 0 Å². The van der Waals surface area contributed by atoms with Crippen molar-refractivity contribution in [3.05, 3.63) is 29.8 Å². The third kappa shape index (κ3) is 3.58. The summed E-state index contributed by atoms with van der Waals surface area (Å²) >= 11 is 0. The van der Waals surface area contributed by atoms with E-state index >= 15 is 0 Å². The maximum atomic E-state index is 9.93. The highest BCUT2D eigenvalue weighted by Crippen LogP contribution is 2.22. The van der Waals surface area contributed by atoms with E-state index in [-0.39, 0.29) is 0 Å². The van der Waals surface area contributed by atoms with E-state index in [9.17, 15) is 15.3 Å². The number of hydrogen-bond acceptors (Lipinski definition) is 7. The van der Waals surface area contributed by atoms with Crippen molar-refractivity contribution < 1.29 is 29.9 Å². The van der Waals surface area contributed by atoms with Gasteiger partial charge in [0.05, 0.1) is 13.7 Å². The Morgan fingerprint density at radius 1 is 1.19 bits per heavy atom. The first-order valence-corrected chi connectivity index (χ1v) is 6.54. The SMILES string of the molecule is COc1ccc(C=N[C@@H]2[C@H](O)[C@H](O)[C@@H](CO)O[C@H]2O)cc1. The van der Waals surface area contributed by atoms with Crippen molar-refractivity contribution in [2.24, 2.45) is 4.99 Å². The molecule has 2 rings (SSSR count). The number of ether oxygens (including phenoxy) is 2. The standard InChI is InChI=1S/C14H19NO6/c1-20-9-4-2-8(3-5-9)6-15-11-13(18)12(17)10(7-16)21-14(11)19/h2-6,10-14,16-19H,7H2,1H3/t10-,11-,12-,13+,14-/m1/s1. The molecule has 5 atom stereocenters. The van der Waals surface area contributed by atoms with Crippen LogP contribution in [0.4, 0.5) is 0 Å². The maximum absolute atomic E-state index is 9.93. The van der Waals surface area contributed by atoms with Gasteiger partial charge in [-0.1, -0.05) is 0 Å². The molecule has 1 fully saturated rings. The second-order valence-corrected chi connectivity index (χ2v) is 4.77. The van der Waals surface area contributed by atoms with Crippen LogP contribution in [0.1, 0.15) is 5.56 Å². The molecular weight excluding hydrogens is 278 g/mol. The van der Waals surface area contributed by atoms with Gasteiger partial charge >= 0.3 is 0 Å². The number of aliphatic hydroxyl groups is 4. The monoisotopic (exact) mass is 297 g/mol. The van der Waals surface area contributed by atoms with E-state index in [1.165, 1.54) is 6.21 Å². The number of methoxy groups -OCH3 is 1. The van der Waals surface area contributed by atoms with E-state index < -0.39 is 37.3 Å². The van der Waals surface area contributed by atoms with E-state index in [0.29, 0.717) is 5.75 Å². The average molecular weight is 297 g/mol. The van der Waals surface area contributed by atoms with E-state index in [2.05, 4.69) is 4.99 Å². The van der Waals surface area contributed by atoms with E-state index in [0.717, 1.165) is 5.56 Å². The zero-order valence-electron chi connectivity index (χ0n) is 11.5. The Morgan fingerprint density at radius 3 is 2.43 bits per heavy atom. The van der Waals surface area contributed by atoms with Gasteiger partial charge < -0.3 is 29.9 Å². The summed E-state index contributed by atoms with van der Waals surface area (Å²) in [5.74, 6) is 0.703. The summed E-state index contributed by atoms with van der Waals surface area (Å²) in [6, 6.07) is 6.00. The number of rotatable bonds is 4. The summed E-state index contributed by atoms with van der Waals surface area (Å²) in [6.07, 6.45) is -3.58. The van der Waals surface area contributed by atoms with Crippen molar-refractivity contribution >= 4 is 6.21 Å². The molecule has 7 heteroatoms. The van der Waals surface area contributed by atoms with Gasteiger partial charge in [-0.25, -0.2) is 0 Å². The van der Waals surface area contributed by atoms with Gasteiger partial charge in [0.25, 0.3) is 0 Å². The molecule has 0 bridgehead atoms. The number of aliphatic hydroxyl groups excluding tert-OH is 4. The first-order valence-electron chi connectivity index (χ1n) is 6.54. The molecule has 4 N–H and O–H groups in total. The van der Waals surface area contributed by atoms with Crippen molar-refractivity contribution in [2.75, 3.05) is 13.7 Å². The highest BCUT2D eigenvalue weighted by molar-refractivity contribution is 5.79. The molecule has 21 heavy (non-hydrogen) atoms. The van der Waals surface area contributed by atoms with E-state index in [4.69, 9.17) is 14.6 Å². The molecule has 1 saturated heterocycles. The van der Waals surface area contributed by atoms with Crippen LogP contribution in [0.25, 0.3) is 0 Å². The van der Waals surface area contributed by atoms with Crippen LogP contribution in [0, 0.1) is 0 Å². The Kier molecular flexibility index (Phi) is 5.27. The lowest BCUT2D eigenvalue weighted by atomic mass is 9.97. The topological polar surface area (TPSA) is 112 Å². The van der Waals surface area contributed by atoms with Crippen molar-refractivity contribution in [1.29, 1.82) is 0 Å². The average Bonchev–Trinajstić information content (AvgIpc) is 2.51. The molecule has 0 radical (unpaired) electrons. The van der Waals surface area contributed by atoms with Crippen molar-refractivity contribution in [3.63, 3.8) is 0 Å². The molecule has 1 aliphatic heterocycles. The zero-order chi connectivity index (χ0) is 15.4. The number of aliphatic imine (C=N–C) groups is 1. The molecule has 0 amide bonds. The lowest BCUT2D eigenvalue weighted by Gasteiger charge is -2.38. The van der Waals surface area contributed by atoms with Crippen molar-refractivity contribution in [1.82, 2.24) is 0 Å². The molecule has 0 aromatic heterocycles. The fraction of sp³-hybridized carbons (Fsp3) is 0.500. The number of benzene rings is 1. The molecule has 1 heterocycles. The molecular formula is C14H19NO6. The van der Waals surface area contributed by atoms with Gasteiger partial charge in [-0.05, 0) is 29.8 Å². The molecule has 1 aromatic carbocycles. The summed E-state index contributed by atoms with van der Waals surface area (Å²) in [7, 11) is 1.56. The Hall–Kier alpha value is -1.51. The molecule has 1 aromatic rings. The van der Waals surface area contributed by atoms with Crippen LogP contribution in [-0.4, -0.2) is 71.0 Å². The quantitative estimate of drug-likeness (QED) is 0.526. The highest BCUT2D eigenvalue weighted by Gasteiger charge is 2.43. The minimum absolute atomic E-state index is 0.496. The van der Waals surface area contributed by atoms with Gasteiger partial charge in [-0.3, -0.25) is 4.99 Å². The number of nitrogens with zero attached hydrogens (tertiary/aromatic N) is 1. The van der Waals surface area contributed by atoms with Crippen LogP contribution in [0.3, 0.4) is 0 Å². The van der Waals surface area contributed by atoms with Gasteiger partial charge in [-0.15, -0.1) is 0 Å². The second kappa shape index (κ2) is 6.97. The Morgan fingerprint density at radius 2 is 1.86 bits per heavy atom. The molecule has 7 nitrogen and oxygen atoms in total. The first kappa shape index (κ1) is 15.9. The minimum atomic E-state index is -1.39. The Balaban J connectivity index is 2.08. The maximum Gasteiger partial charge on any atom is 0.180 e. The summed E-state index contributed by atoms with van der Waals surface area (Å²) in [6.45, 7) is -0.496. The lowest BCUT2D eigenvalue weighted by Crippen LogP contribution is -2.57. The van der Waals surface area contributed by atoms with Crippen molar-refractivity contribution in [2.45, 2.75) is 30.6 Å². The predicted molar refractivity (Wildman–Crippen MR) is 74.4 cm³/mol. The van der Waals surface area contributed by atoms with E-state index in [1.54, 1.807) is 31.4 Å². The first-order chi connectivity index (χ1) is 10.1. The van der Waals surface area contributed by atoms with Crippen LogP contribution in [0.5, 0.6) is 5.75 Å². The molecule has 116 valence electrons. The van der Waals surface area contributed by atoms with Crippen LogP contribution in [0.15, 0.2) is 29.3 Å². The smallest absolute Gasteiger partial charge is 0.180 e. The van der Waals surface area contributed by atoms with Crippen LogP contribution >= 0.6 is 0 Å². The minimum Gasteiger partial charge on any atom is -0.497 e. The van der Waals surface area contributed by atoms with E-state index in [1.807, 2.05) is 0 Å². The molecule has 0 spiro atoms. The summed E-state index contributed by atoms with van der Waals surface area (Å²) in [4.78, 5) is 4.06. The van der Waals surface area contributed by atoms with Gasteiger partial charge in [0.2, 0.25) is 0 Å². The largest absolute Gasteiger partial charge is 0.497 e. The molecule has 1 aliphatic rings. The highest BCUT2D eigenvalue weighted by atomic mass is 16.6. The zero-order valence-corrected chi connectivity index (χ0v) is 11.5. The summed E-state index contributed by atoms with van der Waals surface area (Å²) < 4.78 is 10.1. The van der Waals surface area contributed by atoms with Crippen LogP contribution < -0.4 is 4.74 Å². The second-order valence-electron chi connectivity index (χ2n) is 4.77. The summed E-state index contributed by atoms with van der Waals surface area (Å²) in [5.41, 5.74) is 0.744. The number of hydrogen-bond donors (Lipinski definition) is 4. The van der Waals surface area contributed by atoms with Crippen LogP contribution in [0.2, 0.25) is 0 Å². The fourth-order valence-electron chi connectivity index (χ4n) is 2.11. The third-order valence-electron chi connectivity index (χ3n) is 3.38. The molecule has 0 aliphatic carbocycles. The van der Waals surface area contributed by atoms with Gasteiger partial charge in [0, 0.05) is 6.21 Å². The molecule has 0 unspecified atom stereocenters. The van der Waals surface area contributed by atoms with Gasteiger partial charge in [0.1, 0.15) is 30.1 Å². The summed E-state index contributed by atoms with van der Waals surface area (Å²) in [5, 5.41) is 38.5. The predicted octanol–water partition coefficient (Wildman–Crippen LogP) is -1.09. The third-order valence-corrected chi connectivity index (χ3v) is 3.38. The fourth-order valence-corrected chi connectivity index (χ4v) is 2.11. The normalized spacial score (nSPS) is 33.3. The molecule has 0 saturated carbocycles. The van der Waals surface area contributed by atoms with Crippen molar-refractivity contribution in [3.8, 4) is 5.75 Å².